The molecule has 3 aromatic rings. The standard InChI is InChI=1S/C16H15N3O8S2/c20-12-9-17-15(21)14-13(12)16(22)18(28-14)7-1-2-8-27-29(25,26)11-5-3-10(4-6-11)19(23)24/h3-6,9,20H,1-2,7-8H2,(H,17,21). The Labute approximate surface area is 167 Å². The average Bonchev–Trinajstić information content (AvgIpc) is 3.02. The molecular weight excluding hydrogens is 426 g/mol. The van der Waals surface area contributed by atoms with Gasteiger partial charge in [-0.3, -0.25) is 27.8 Å². The van der Waals surface area contributed by atoms with Crippen molar-refractivity contribution >= 4 is 37.4 Å². The normalized spacial score (nSPS) is 11.7. The molecule has 1 aromatic carbocycles. The molecule has 2 N–H and O–H groups in total. The molecule has 154 valence electrons. The molecule has 29 heavy (non-hydrogen) atoms. The van der Waals surface area contributed by atoms with Crippen molar-refractivity contribution in [2.24, 2.45) is 0 Å². The highest BCUT2D eigenvalue weighted by Gasteiger charge is 2.17. The van der Waals surface area contributed by atoms with E-state index in [-0.39, 0.29) is 39.6 Å². The molecule has 0 unspecified atom stereocenters. The van der Waals surface area contributed by atoms with Crippen LogP contribution in [-0.4, -0.2) is 34.0 Å². The van der Waals surface area contributed by atoms with Crippen molar-refractivity contribution in [3.05, 3.63) is 61.3 Å². The summed E-state index contributed by atoms with van der Waals surface area (Å²) < 4.78 is 30.5. The number of aryl methyl sites for hydroxylation is 1. The van der Waals surface area contributed by atoms with Gasteiger partial charge in [0.2, 0.25) is 0 Å². The van der Waals surface area contributed by atoms with Gasteiger partial charge in [-0.15, -0.1) is 0 Å². The number of unbranched alkanes of at least 4 members (excludes halogenated alkanes) is 1. The number of nitrogens with zero attached hydrogens (tertiary/aromatic N) is 2. The lowest BCUT2D eigenvalue weighted by atomic mass is 10.3. The van der Waals surface area contributed by atoms with E-state index in [2.05, 4.69) is 4.98 Å². The van der Waals surface area contributed by atoms with Crippen molar-refractivity contribution < 1.29 is 22.6 Å². The summed E-state index contributed by atoms with van der Waals surface area (Å²) in [6.45, 7) is 0.0722. The van der Waals surface area contributed by atoms with Crippen LogP contribution >= 0.6 is 11.5 Å². The lowest BCUT2D eigenvalue weighted by molar-refractivity contribution is -0.384. The average molecular weight is 441 g/mol. The van der Waals surface area contributed by atoms with E-state index in [1.807, 2.05) is 0 Å². The van der Waals surface area contributed by atoms with Gasteiger partial charge < -0.3 is 10.1 Å². The molecule has 0 aliphatic carbocycles. The first kappa shape index (κ1) is 20.7. The van der Waals surface area contributed by atoms with Crippen LogP contribution in [0.3, 0.4) is 0 Å². The lowest BCUT2D eigenvalue weighted by Gasteiger charge is -2.05. The quantitative estimate of drug-likeness (QED) is 0.230. The number of hydrogen-bond donors (Lipinski definition) is 2. The molecule has 0 aliphatic rings. The predicted octanol–water partition coefficient (Wildman–Crippen LogP) is 1.55. The number of benzene rings is 1. The van der Waals surface area contributed by atoms with E-state index in [4.69, 9.17) is 4.18 Å². The van der Waals surface area contributed by atoms with Crippen LogP contribution in [0.25, 0.3) is 10.1 Å². The van der Waals surface area contributed by atoms with Crippen LogP contribution in [-0.2, 0) is 20.8 Å². The SMILES string of the molecule is O=c1[nH]cc(O)c2c(=O)n(CCCCOS(=O)(=O)c3ccc([N+](=O)[O-])cc3)sc12. The number of hydrogen-bond acceptors (Lipinski definition) is 9. The molecule has 3 rings (SSSR count). The van der Waals surface area contributed by atoms with Gasteiger partial charge in [0, 0.05) is 24.9 Å². The van der Waals surface area contributed by atoms with Crippen LogP contribution in [0.1, 0.15) is 12.8 Å². The first-order valence-corrected chi connectivity index (χ1v) is 10.5. The number of nitro benzene ring substituents is 1. The van der Waals surface area contributed by atoms with Gasteiger partial charge in [-0.2, -0.15) is 8.42 Å². The van der Waals surface area contributed by atoms with Crippen LogP contribution in [0.15, 0.2) is 44.9 Å². The molecule has 0 amide bonds. The smallest absolute Gasteiger partial charge is 0.296 e. The molecule has 0 aliphatic heterocycles. The largest absolute Gasteiger partial charge is 0.506 e. The number of aromatic nitrogens is 2. The second-order valence-corrected chi connectivity index (χ2v) is 8.59. The summed E-state index contributed by atoms with van der Waals surface area (Å²) in [6.07, 6.45) is 1.75. The zero-order valence-electron chi connectivity index (χ0n) is 14.7. The van der Waals surface area contributed by atoms with Gasteiger partial charge in [0.1, 0.15) is 15.8 Å². The summed E-state index contributed by atoms with van der Waals surface area (Å²) in [6, 6.07) is 4.32. The number of rotatable bonds is 8. The monoisotopic (exact) mass is 441 g/mol. The molecule has 2 heterocycles. The van der Waals surface area contributed by atoms with Crippen LogP contribution in [0.4, 0.5) is 5.69 Å². The number of pyridine rings is 1. The summed E-state index contributed by atoms with van der Waals surface area (Å²) in [5, 5.41) is 20.3. The Morgan fingerprint density at radius 2 is 1.90 bits per heavy atom. The number of nitro groups is 1. The molecule has 2 aromatic heterocycles. The number of fused-ring (bicyclic) bond motifs is 1. The van der Waals surface area contributed by atoms with Gasteiger partial charge in [-0.25, -0.2) is 0 Å². The zero-order valence-corrected chi connectivity index (χ0v) is 16.4. The fraction of sp³-hybridized carbons (Fsp3) is 0.250. The second-order valence-electron chi connectivity index (χ2n) is 5.94. The third kappa shape index (κ3) is 4.36. The third-order valence-corrected chi connectivity index (χ3v) is 6.47. The van der Waals surface area contributed by atoms with Crippen molar-refractivity contribution in [3.8, 4) is 5.75 Å². The maximum atomic E-state index is 12.3. The maximum absolute atomic E-state index is 12.3. The Morgan fingerprint density at radius 3 is 2.52 bits per heavy atom. The van der Waals surface area contributed by atoms with Gasteiger partial charge in [-0.1, -0.05) is 0 Å². The van der Waals surface area contributed by atoms with Gasteiger partial charge in [0.05, 0.1) is 16.4 Å². The highest BCUT2D eigenvalue weighted by Crippen LogP contribution is 2.21. The number of non-ortho nitro benzene ring substituents is 1. The molecule has 0 spiro atoms. The van der Waals surface area contributed by atoms with E-state index < -0.39 is 26.2 Å². The van der Waals surface area contributed by atoms with Gasteiger partial charge >= 0.3 is 0 Å². The highest BCUT2D eigenvalue weighted by molar-refractivity contribution is 7.86. The summed E-state index contributed by atoms with van der Waals surface area (Å²) in [5.74, 6) is -0.308. The Hall–Kier alpha value is -3.03. The Morgan fingerprint density at radius 1 is 1.21 bits per heavy atom. The molecule has 0 saturated heterocycles. The Bertz CT molecular complexity index is 1270. The number of nitrogens with one attached hydrogen (secondary N) is 1. The van der Waals surface area contributed by atoms with Gasteiger partial charge in [0.15, 0.2) is 0 Å². The summed E-state index contributed by atoms with van der Waals surface area (Å²) in [5.41, 5.74) is -1.20. The third-order valence-electron chi connectivity index (χ3n) is 4.00. The Balaban J connectivity index is 1.58. The first-order chi connectivity index (χ1) is 13.7. The molecule has 11 nitrogen and oxygen atoms in total. The van der Waals surface area contributed by atoms with Crippen molar-refractivity contribution in [1.29, 1.82) is 0 Å². The number of aromatic hydroxyl groups is 1. The summed E-state index contributed by atoms with van der Waals surface area (Å²) in [7, 11) is -4.05. The van der Waals surface area contributed by atoms with Crippen LogP contribution in [0.2, 0.25) is 0 Å². The van der Waals surface area contributed by atoms with Crippen LogP contribution < -0.4 is 11.1 Å². The molecule has 0 atom stereocenters. The first-order valence-electron chi connectivity index (χ1n) is 8.29. The molecule has 0 fully saturated rings. The summed E-state index contributed by atoms with van der Waals surface area (Å²) >= 11 is 0.915. The van der Waals surface area contributed by atoms with E-state index in [9.17, 15) is 33.2 Å². The van der Waals surface area contributed by atoms with E-state index >= 15 is 0 Å². The maximum Gasteiger partial charge on any atom is 0.296 e. The molecular formula is C16H15N3O8S2. The van der Waals surface area contributed by atoms with E-state index in [1.54, 1.807) is 0 Å². The van der Waals surface area contributed by atoms with Crippen LogP contribution in [0, 0.1) is 10.1 Å². The molecule has 0 bridgehead atoms. The van der Waals surface area contributed by atoms with Gasteiger partial charge in [0.25, 0.3) is 26.9 Å². The number of aromatic amines is 1. The molecule has 0 radical (unpaired) electrons. The minimum atomic E-state index is -4.05. The molecule has 0 saturated carbocycles. The fourth-order valence-electron chi connectivity index (χ4n) is 2.55. The number of H-pyrrole nitrogens is 1. The Kier molecular flexibility index (Phi) is 5.81. The van der Waals surface area contributed by atoms with E-state index in [0.717, 1.165) is 42.0 Å². The van der Waals surface area contributed by atoms with Crippen molar-refractivity contribution in [3.63, 3.8) is 0 Å². The zero-order chi connectivity index (χ0) is 21.2. The fourth-order valence-corrected chi connectivity index (χ4v) is 4.53. The second kappa shape index (κ2) is 8.14. The molecule has 13 heteroatoms. The van der Waals surface area contributed by atoms with Crippen molar-refractivity contribution in [1.82, 2.24) is 8.94 Å². The van der Waals surface area contributed by atoms with Crippen molar-refractivity contribution in [2.75, 3.05) is 6.61 Å². The van der Waals surface area contributed by atoms with E-state index in [0.29, 0.717) is 12.8 Å². The topological polar surface area (TPSA) is 162 Å². The summed E-state index contributed by atoms with van der Waals surface area (Å²) in [4.78, 5) is 36.1. The van der Waals surface area contributed by atoms with Crippen LogP contribution in [0.5, 0.6) is 5.75 Å². The van der Waals surface area contributed by atoms with Crippen molar-refractivity contribution in [2.45, 2.75) is 24.3 Å². The predicted molar refractivity (Wildman–Crippen MR) is 104 cm³/mol. The minimum absolute atomic E-state index is 0.0456. The lowest BCUT2D eigenvalue weighted by Crippen LogP contribution is -2.14. The minimum Gasteiger partial charge on any atom is -0.506 e. The van der Waals surface area contributed by atoms with Gasteiger partial charge in [-0.05, 0) is 36.5 Å². The van der Waals surface area contributed by atoms with E-state index in [1.165, 1.54) is 3.96 Å². The highest BCUT2D eigenvalue weighted by atomic mass is 32.2.